The monoisotopic (exact) mass is 538 g/mol. The molecule has 0 radical (unpaired) electrons. The molecular formula is C26H38N2O8S. The number of phenols is 1. The second-order valence-corrected chi connectivity index (χ2v) is 9.99. The number of carbonyl (C=O) groups excluding carboxylic acids is 1. The van der Waals surface area contributed by atoms with E-state index in [1.807, 2.05) is 18.2 Å². The molecule has 2 aromatic rings. The van der Waals surface area contributed by atoms with Crippen LogP contribution in [0.1, 0.15) is 60.5 Å². The molecular weight excluding hydrogens is 500 g/mol. The summed E-state index contributed by atoms with van der Waals surface area (Å²) in [4.78, 5) is 11.6. The molecule has 0 bridgehead atoms. The number of aliphatic hydroxyl groups is 2. The quantitative estimate of drug-likeness (QED) is 0.178. The molecule has 0 aliphatic heterocycles. The zero-order valence-electron chi connectivity index (χ0n) is 21.0. The normalized spacial score (nSPS) is 12.4. The molecule has 6 N–H and O–H groups in total. The number of unbranched alkanes of at least 4 members (excludes halogenated alkanes) is 3. The van der Waals surface area contributed by atoms with Crippen LogP contribution in [0.15, 0.2) is 42.5 Å². The van der Waals surface area contributed by atoms with Gasteiger partial charge in [0, 0.05) is 25.3 Å². The Bertz CT molecular complexity index is 1080. The molecule has 11 heteroatoms. The molecule has 10 nitrogen and oxygen atoms in total. The van der Waals surface area contributed by atoms with Crippen LogP contribution in [0.4, 0.5) is 0 Å². The third kappa shape index (κ3) is 13.0. The first-order valence-corrected chi connectivity index (χ1v) is 13.9. The van der Waals surface area contributed by atoms with E-state index in [9.17, 15) is 28.5 Å². The lowest BCUT2D eigenvalue weighted by atomic mass is 10.0. The number of nitrogens with two attached hydrogens (primary N) is 1. The van der Waals surface area contributed by atoms with Crippen LogP contribution in [-0.4, -0.2) is 56.0 Å². The van der Waals surface area contributed by atoms with E-state index in [0.29, 0.717) is 36.4 Å². The van der Waals surface area contributed by atoms with Gasteiger partial charge in [-0.05, 0) is 73.9 Å². The Labute approximate surface area is 218 Å². The molecule has 0 aromatic heterocycles. The van der Waals surface area contributed by atoms with E-state index >= 15 is 0 Å². The zero-order valence-corrected chi connectivity index (χ0v) is 21.8. The second kappa shape index (κ2) is 16.3. The Balaban J connectivity index is 1.47. The topological polar surface area (TPSA) is 168 Å². The van der Waals surface area contributed by atoms with Gasteiger partial charge in [0.1, 0.15) is 5.75 Å². The molecule has 37 heavy (non-hydrogen) atoms. The van der Waals surface area contributed by atoms with Gasteiger partial charge in [-0.3, -0.25) is 4.79 Å². The Morgan fingerprint density at radius 2 is 1.73 bits per heavy atom. The minimum absolute atomic E-state index is 0.0189. The maximum atomic E-state index is 11.6. The van der Waals surface area contributed by atoms with E-state index in [1.165, 1.54) is 6.07 Å². The summed E-state index contributed by atoms with van der Waals surface area (Å²) in [6.07, 6.45) is 4.73. The van der Waals surface area contributed by atoms with E-state index in [4.69, 9.17) is 9.88 Å². The van der Waals surface area contributed by atoms with Gasteiger partial charge in [-0.2, -0.15) is 13.6 Å². The third-order valence-electron chi connectivity index (χ3n) is 5.69. The van der Waals surface area contributed by atoms with Crippen molar-refractivity contribution in [2.24, 2.45) is 5.14 Å². The average Bonchev–Trinajstić information content (AvgIpc) is 2.83. The molecule has 0 fully saturated rings. The Kier molecular flexibility index (Phi) is 13.5. The largest absolute Gasteiger partial charge is 0.508 e. The number of hydrogen-bond acceptors (Lipinski definition) is 9. The van der Waals surface area contributed by atoms with Crippen molar-refractivity contribution in [2.45, 2.75) is 57.7 Å². The smallest absolute Gasteiger partial charge is 0.382 e. The van der Waals surface area contributed by atoms with Gasteiger partial charge in [-0.15, -0.1) is 0 Å². The van der Waals surface area contributed by atoms with E-state index < -0.39 is 22.4 Å². The fourth-order valence-corrected chi connectivity index (χ4v) is 4.10. The molecule has 0 aliphatic rings. The van der Waals surface area contributed by atoms with Gasteiger partial charge in [-0.1, -0.05) is 30.3 Å². The molecule has 0 unspecified atom stereocenters. The number of aromatic hydroxyl groups is 1. The first-order chi connectivity index (χ1) is 17.7. The number of ether oxygens (including phenoxy) is 1. The summed E-state index contributed by atoms with van der Waals surface area (Å²) in [7, 11) is -4.29. The van der Waals surface area contributed by atoms with Crippen molar-refractivity contribution in [2.75, 3.05) is 26.3 Å². The number of aryl methyl sites for hydroxylation is 1. The SMILES string of the molecule is NS(=O)(=O)OC(=O)Cc1cccc(CCCCOCCCCCNC[C@H](O)c2ccc(O)c(CO)c2)c1. The highest BCUT2D eigenvalue weighted by Crippen LogP contribution is 2.22. The number of nitrogens with one attached hydrogen (secondary N) is 1. The summed E-state index contributed by atoms with van der Waals surface area (Å²) in [5.74, 6) is -0.890. The van der Waals surface area contributed by atoms with Crippen LogP contribution in [0.2, 0.25) is 0 Å². The van der Waals surface area contributed by atoms with Gasteiger partial charge in [0.25, 0.3) is 0 Å². The lowest BCUT2D eigenvalue weighted by Gasteiger charge is -2.14. The van der Waals surface area contributed by atoms with Crippen LogP contribution in [0, 0.1) is 0 Å². The summed E-state index contributed by atoms with van der Waals surface area (Å²) >= 11 is 0. The van der Waals surface area contributed by atoms with Crippen molar-refractivity contribution in [1.82, 2.24) is 5.32 Å². The minimum atomic E-state index is -4.29. The van der Waals surface area contributed by atoms with Crippen LogP contribution >= 0.6 is 0 Å². The lowest BCUT2D eigenvalue weighted by molar-refractivity contribution is -0.133. The maximum Gasteiger partial charge on any atom is 0.382 e. The number of aliphatic hydroxyl groups excluding tert-OH is 2. The molecule has 0 saturated carbocycles. The highest BCUT2D eigenvalue weighted by Gasteiger charge is 2.13. The fourth-order valence-electron chi connectivity index (χ4n) is 3.78. The minimum Gasteiger partial charge on any atom is -0.508 e. The van der Waals surface area contributed by atoms with Crippen molar-refractivity contribution < 1.29 is 37.5 Å². The summed E-state index contributed by atoms with van der Waals surface area (Å²) < 4.78 is 31.5. The fraction of sp³-hybridized carbons (Fsp3) is 0.500. The van der Waals surface area contributed by atoms with Gasteiger partial charge in [-0.25, -0.2) is 0 Å². The average molecular weight is 539 g/mol. The van der Waals surface area contributed by atoms with Crippen LogP contribution < -0.4 is 10.5 Å². The number of rotatable bonds is 18. The van der Waals surface area contributed by atoms with Gasteiger partial charge in [0.2, 0.25) is 0 Å². The summed E-state index contributed by atoms with van der Waals surface area (Å²) in [5, 5.41) is 37.0. The molecule has 1 atom stereocenters. The van der Waals surface area contributed by atoms with Crippen LogP contribution in [0.3, 0.4) is 0 Å². The van der Waals surface area contributed by atoms with Gasteiger partial charge >= 0.3 is 16.3 Å². The Morgan fingerprint density at radius 1 is 1.00 bits per heavy atom. The van der Waals surface area contributed by atoms with Crippen molar-refractivity contribution in [3.8, 4) is 5.75 Å². The third-order valence-corrected chi connectivity index (χ3v) is 6.11. The van der Waals surface area contributed by atoms with Gasteiger partial charge < -0.3 is 29.6 Å². The maximum absolute atomic E-state index is 11.6. The molecule has 0 amide bonds. The molecule has 0 aliphatic carbocycles. The van der Waals surface area contributed by atoms with E-state index in [-0.39, 0.29) is 18.8 Å². The Morgan fingerprint density at radius 3 is 2.46 bits per heavy atom. The predicted octanol–water partition coefficient (Wildman–Crippen LogP) is 2.01. The molecule has 0 saturated heterocycles. The summed E-state index contributed by atoms with van der Waals surface area (Å²) in [6.45, 7) is 2.27. The predicted molar refractivity (Wildman–Crippen MR) is 139 cm³/mol. The molecule has 2 aromatic carbocycles. The molecule has 0 spiro atoms. The van der Waals surface area contributed by atoms with Crippen molar-refractivity contribution in [1.29, 1.82) is 0 Å². The molecule has 206 valence electrons. The lowest BCUT2D eigenvalue weighted by Crippen LogP contribution is -2.22. The summed E-state index contributed by atoms with van der Waals surface area (Å²) in [5.41, 5.74) is 2.77. The first kappa shape index (κ1) is 30.7. The van der Waals surface area contributed by atoms with E-state index in [2.05, 4.69) is 9.50 Å². The van der Waals surface area contributed by atoms with Crippen molar-refractivity contribution in [3.63, 3.8) is 0 Å². The van der Waals surface area contributed by atoms with Crippen LogP contribution in [0.25, 0.3) is 0 Å². The molecule has 0 heterocycles. The van der Waals surface area contributed by atoms with Gasteiger partial charge in [0.05, 0.1) is 19.1 Å². The first-order valence-electron chi connectivity index (χ1n) is 12.4. The number of carbonyl (C=O) groups is 1. The van der Waals surface area contributed by atoms with Crippen LogP contribution in [0.5, 0.6) is 5.75 Å². The van der Waals surface area contributed by atoms with Gasteiger partial charge in [0.15, 0.2) is 0 Å². The number of hydrogen-bond donors (Lipinski definition) is 5. The molecule has 2 rings (SSSR count). The van der Waals surface area contributed by atoms with Crippen molar-refractivity contribution in [3.05, 3.63) is 64.7 Å². The zero-order chi connectivity index (χ0) is 27.1. The highest BCUT2D eigenvalue weighted by molar-refractivity contribution is 7.84. The summed E-state index contributed by atoms with van der Waals surface area (Å²) in [6, 6.07) is 12.1. The van der Waals surface area contributed by atoms with E-state index in [1.54, 1.807) is 18.2 Å². The second-order valence-electron chi connectivity index (χ2n) is 8.84. The van der Waals surface area contributed by atoms with Crippen molar-refractivity contribution >= 4 is 16.3 Å². The van der Waals surface area contributed by atoms with Crippen LogP contribution in [-0.2, 0) is 43.5 Å². The number of benzene rings is 2. The standard InChI is InChI=1S/C26H38N2O8S/c27-37(33,34)36-26(32)16-21-9-6-8-20(15-21)7-2-5-14-35-13-4-1-3-12-28-18-25(31)22-10-11-24(30)23(17-22)19-29/h6,8-11,15,17,25,28-31H,1-5,7,12-14,16,18-19H2,(H2,27,33,34)/t25-/m0/s1. The Hall–Kier alpha value is -2.54. The van der Waals surface area contributed by atoms with E-state index in [0.717, 1.165) is 50.6 Å². The highest BCUT2D eigenvalue weighted by atomic mass is 32.2.